The monoisotopic (exact) mass is 416 g/mol. The van der Waals surface area contributed by atoms with Crippen molar-refractivity contribution in [3.8, 4) is 28.3 Å². The second-order valence-electron chi connectivity index (χ2n) is 8.82. The molecule has 1 unspecified atom stereocenters. The molecule has 1 aliphatic heterocycles. The molecular weight excluding hydrogens is 392 g/mol. The van der Waals surface area contributed by atoms with Gasteiger partial charge >= 0.3 is 0 Å². The fourth-order valence-corrected chi connectivity index (χ4v) is 5.46. The first kappa shape index (κ1) is 19.1. The molecule has 4 aromatic rings. The molecule has 3 heteroatoms. The van der Waals surface area contributed by atoms with Crippen molar-refractivity contribution in [1.82, 2.24) is 0 Å². The average Bonchev–Trinajstić information content (AvgIpc) is 3.16. The Bertz CT molecular complexity index is 1390. The van der Waals surface area contributed by atoms with Crippen molar-refractivity contribution in [2.75, 3.05) is 18.0 Å². The van der Waals surface area contributed by atoms with Crippen LogP contribution in [0.3, 0.4) is 0 Å². The molecule has 0 saturated carbocycles. The summed E-state index contributed by atoms with van der Waals surface area (Å²) < 4.78 is 0. The Morgan fingerprint density at radius 1 is 0.812 bits per heavy atom. The molecule has 3 nitrogen and oxygen atoms in total. The predicted molar refractivity (Wildman–Crippen MR) is 130 cm³/mol. The van der Waals surface area contributed by atoms with Crippen molar-refractivity contribution in [2.24, 2.45) is 0 Å². The Kier molecular flexibility index (Phi) is 4.48. The van der Waals surface area contributed by atoms with Crippen LogP contribution in [0, 0.1) is 11.3 Å². The minimum atomic E-state index is -0.731. The molecule has 0 bridgehead atoms. The molecule has 1 atom stereocenters. The predicted octanol–water partition coefficient (Wildman–Crippen LogP) is 6.43. The van der Waals surface area contributed by atoms with Gasteiger partial charge in [0.2, 0.25) is 0 Å². The third-order valence-corrected chi connectivity index (χ3v) is 7.01. The van der Waals surface area contributed by atoms with Gasteiger partial charge in [-0.1, -0.05) is 60.7 Å². The van der Waals surface area contributed by atoms with Crippen LogP contribution in [0.4, 0.5) is 5.69 Å². The number of piperidine rings is 1. The normalized spacial score (nSPS) is 17.1. The Morgan fingerprint density at radius 2 is 1.56 bits per heavy atom. The summed E-state index contributed by atoms with van der Waals surface area (Å²) in [6.07, 6.45) is 2.80. The molecular formula is C29H24N2O. The van der Waals surface area contributed by atoms with Crippen molar-refractivity contribution in [3.63, 3.8) is 0 Å². The van der Waals surface area contributed by atoms with Gasteiger partial charge in [-0.25, -0.2) is 0 Å². The van der Waals surface area contributed by atoms with Gasteiger partial charge in [0.05, 0.1) is 11.3 Å². The number of aliphatic hydroxyl groups excluding tert-OH is 1. The van der Waals surface area contributed by atoms with Crippen LogP contribution in [0.1, 0.15) is 42.1 Å². The molecule has 0 amide bonds. The number of nitriles is 1. The number of hydrogen-bond acceptors (Lipinski definition) is 3. The zero-order valence-corrected chi connectivity index (χ0v) is 17.9. The molecule has 6 rings (SSSR count). The summed E-state index contributed by atoms with van der Waals surface area (Å²) in [6.45, 7) is 1.93. The van der Waals surface area contributed by atoms with E-state index in [-0.39, 0.29) is 0 Å². The van der Waals surface area contributed by atoms with E-state index in [0.29, 0.717) is 5.56 Å². The molecule has 32 heavy (non-hydrogen) atoms. The summed E-state index contributed by atoms with van der Waals surface area (Å²) >= 11 is 0. The summed E-state index contributed by atoms with van der Waals surface area (Å²) in [5, 5.41) is 24.0. The maximum atomic E-state index is 11.4. The molecule has 1 N–H and O–H groups in total. The van der Waals surface area contributed by atoms with E-state index in [9.17, 15) is 10.4 Å². The van der Waals surface area contributed by atoms with Crippen LogP contribution in [0.25, 0.3) is 33.0 Å². The zero-order valence-electron chi connectivity index (χ0n) is 17.9. The van der Waals surface area contributed by atoms with Gasteiger partial charge in [0, 0.05) is 24.2 Å². The smallest absolute Gasteiger partial charge is 0.106 e. The topological polar surface area (TPSA) is 47.3 Å². The van der Waals surface area contributed by atoms with Crippen molar-refractivity contribution >= 4 is 16.5 Å². The standard InChI is InChI=1S/C29H24N2O/c30-18-25-26(31-14-6-1-7-15-31)17-24(21-13-12-19-8-2-3-9-20(19)16-21)28-27(25)22-10-4-5-11-23(22)29(28)32/h2-5,8-13,16-17,29,32H,1,6-7,14-15H2. The second-order valence-corrected chi connectivity index (χ2v) is 8.82. The van der Waals surface area contributed by atoms with Crippen LogP contribution >= 0.6 is 0 Å². The molecule has 1 fully saturated rings. The van der Waals surface area contributed by atoms with E-state index >= 15 is 0 Å². The van der Waals surface area contributed by atoms with Crippen molar-refractivity contribution in [2.45, 2.75) is 25.4 Å². The Labute approximate surface area is 188 Å². The van der Waals surface area contributed by atoms with Gasteiger partial charge in [0.15, 0.2) is 0 Å². The zero-order chi connectivity index (χ0) is 21.7. The van der Waals surface area contributed by atoms with E-state index in [1.54, 1.807) is 0 Å². The van der Waals surface area contributed by atoms with E-state index in [4.69, 9.17) is 0 Å². The van der Waals surface area contributed by atoms with Crippen molar-refractivity contribution in [3.05, 3.63) is 89.5 Å². The first-order valence-corrected chi connectivity index (χ1v) is 11.4. The minimum absolute atomic E-state index is 0.690. The van der Waals surface area contributed by atoms with E-state index < -0.39 is 6.10 Å². The first-order valence-electron chi connectivity index (χ1n) is 11.4. The third kappa shape index (κ3) is 2.84. The lowest BCUT2D eigenvalue weighted by atomic mass is 9.89. The second kappa shape index (κ2) is 7.51. The van der Waals surface area contributed by atoms with Gasteiger partial charge in [0.1, 0.15) is 12.2 Å². The first-order chi connectivity index (χ1) is 15.8. The highest BCUT2D eigenvalue weighted by Crippen LogP contribution is 2.52. The quantitative estimate of drug-likeness (QED) is 0.409. The van der Waals surface area contributed by atoms with E-state index in [1.807, 2.05) is 24.3 Å². The molecule has 1 heterocycles. The van der Waals surface area contributed by atoms with Gasteiger partial charge in [-0.3, -0.25) is 0 Å². The summed E-state index contributed by atoms with van der Waals surface area (Å²) in [5.41, 5.74) is 7.42. The van der Waals surface area contributed by atoms with Gasteiger partial charge < -0.3 is 10.0 Å². The van der Waals surface area contributed by atoms with Crippen molar-refractivity contribution < 1.29 is 5.11 Å². The number of fused-ring (bicyclic) bond motifs is 4. The molecule has 0 radical (unpaired) electrons. The summed E-state index contributed by atoms with van der Waals surface area (Å²) in [7, 11) is 0. The third-order valence-electron chi connectivity index (χ3n) is 7.01. The number of anilines is 1. The number of rotatable bonds is 2. The molecule has 4 aromatic carbocycles. The summed E-state index contributed by atoms with van der Waals surface area (Å²) in [5.74, 6) is 0. The fraction of sp³-hybridized carbons (Fsp3) is 0.207. The molecule has 1 aliphatic carbocycles. The van der Waals surface area contributed by atoms with E-state index in [0.717, 1.165) is 65.0 Å². The lowest BCUT2D eigenvalue weighted by molar-refractivity contribution is 0.226. The Morgan fingerprint density at radius 3 is 2.38 bits per heavy atom. The van der Waals surface area contributed by atoms with Gasteiger partial charge in [-0.05, 0) is 64.4 Å². The molecule has 0 spiro atoms. The van der Waals surface area contributed by atoms with Gasteiger partial charge in [-0.15, -0.1) is 0 Å². The highest BCUT2D eigenvalue weighted by atomic mass is 16.3. The molecule has 1 saturated heterocycles. The molecule has 0 aromatic heterocycles. The lowest BCUT2D eigenvalue weighted by Gasteiger charge is -2.31. The number of hydrogen-bond donors (Lipinski definition) is 1. The van der Waals surface area contributed by atoms with E-state index in [1.165, 1.54) is 17.2 Å². The lowest BCUT2D eigenvalue weighted by Crippen LogP contribution is -2.30. The van der Waals surface area contributed by atoms with E-state index in [2.05, 4.69) is 59.5 Å². The van der Waals surface area contributed by atoms with Crippen LogP contribution in [-0.4, -0.2) is 18.2 Å². The van der Waals surface area contributed by atoms with Crippen LogP contribution in [0.15, 0.2) is 72.8 Å². The molecule has 2 aliphatic rings. The number of aliphatic hydroxyl groups is 1. The Balaban J connectivity index is 1.67. The number of benzene rings is 4. The largest absolute Gasteiger partial charge is 0.384 e. The average molecular weight is 417 g/mol. The fourth-order valence-electron chi connectivity index (χ4n) is 5.46. The summed E-state index contributed by atoms with van der Waals surface area (Å²) in [6, 6.07) is 27.5. The van der Waals surface area contributed by atoms with Crippen molar-refractivity contribution in [1.29, 1.82) is 5.26 Å². The number of nitrogens with zero attached hydrogens (tertiary/aromatic N) is 2. The maximum Gasteiger partial charge on any atom is 0.106 e. The van der Waals surface area contributed by atoms with Gasteiger partial charge in [0.25, 0.3) is 0 Å². The molecule has 156 valence electrons. The van der Waals surface area contributed by atoms with Crippen LogP contribution < -0.4 is 4.90 Å². The SMILES string of the molecule is N#Cc1c(N2CCCCC2)cc(-c2ccc3ccccc3c2)c2c1-c1ccccc1C2O. The highest BCUT2D eigenvalue weighted by Gasteiger charge is 2.34. The van der Waals surface area contributed by atoms with Gasteiger partial charge in [-0.2, -0.15) is 5.26 Å². The van der Waals surface area contributed by atoms with Crippen LogP contribution in [0.2, 0.25) is 0 Å². The Hall–Kier alpha value is -3.61. The summed E-state index contributed by atoms with van der Waals surface area (Å²) in [4.78, 5) is 2.36. The highest BCUT2D eigenvalue weighted by molar-refractivity contribution is 5.96. The van der Waals surface area contributed by atoms with Crippen LogP contribution in [-0.2, 0) is 0 Å². The minimum Gasteiger partial charge on any atom is -0.384 e. The van der Waals surface area contributed by atoms with Crippen LogP contribution in [0.5, 0.6) is 0 Å². The maximum absolute atomic E-state index is 11.4.